The Morgan fingerprint density at radius 1 is 1.42 bits per heavy atom. The number of nitrogens with two attached hydrogens (primary N) is 1. The summed E-state index contributed by atoms with van der Waals surface area (Å²) in [5.41, 5.74) is 6.52. The number of nitrogens with one attached hydrogen (secondary N) is 1. The highest BCUT2D eigenvalue weighted by atomic mass is 16.5. The van der Waals surface area contributed by atoms with Crippen LogP contribution in [0.2, 0.25) is 0 Å². The van der Waals surface area contributed by atoms with E-state index in [-0.39, 0.29) is 30.2 Å². The van der Waals surface area contributed by atoms with Crippen LogP contribution in [0, 0.1) is 5.92 Å². The minimum atomic E-state index is -0.324. The van der Waals surface area contributed by atoms with Crippen LogP contribution in [0.1, 0.15) is 32.6 Å². The lowest BCUT2D eigenvalue weighted by Crippen LogP contribution is -2.43. The number of carbonyl (C=O) groups is 2. The third kappa shape index (κ3) is 4.47. The average Bonchev–Trinajstić information content (AvgIpc) is 3.00. The lowest BCUT2D eigenvalue weighted by Gasteiger charge is -2.20. The summed E-state index contributed by atoms with van der Waals surface area (Å²) in [6, 6.07) is 7.28. The average molecular weight is 333 g/mol. The highest BCUT2D eigenvalue weighted by molar-refractivity contribution is 6.00. The number of anilines is 1. The second-order valence-electron chi connectivity index (χ2n) is 6.19. The standard InChI is InChI=1S/C18H27N3O3/c1-3-4-5-14(11-19)20-18(23)13-10-17(22)21(12-13)15-6-8-16(24-2)9-7-15/h6-9,13-14H,3-5,10-12,19H2,1-2H3,(H,20,23). The number of nitrogens with zero attached hydrogens (tertiary/aromatic N) is 1. The molecular weight excluding hydrogens is 306 g/mol. The molecule has 0 bridgehead atoms. The van der Waals surface area contributed by atoms with Crippen LogP contribution >= 0.6 is 0 Å². The Bertz CT molecular complexity index is 559. The second-order valence-corrected chi connectivity index (χ2v) is 6.19. The summed E-state index contributed by atoms with van der Waals surface area (Å²) in [5.74, 6) is 0.306. The highest BCUT2D eigenvalue weighted by Gasteiger charge is 2.35. The number of rotatable bonds is 8. The fourth-order valence-corrected chi connectivity index (χ4v) is 2.91. The number of ether oxygens (including phenoxy) is 1. The quantitative estimate of drug-likeness (QED) is 0.758. The van der Waals surface area contributed by atoms with Gasteiger partial charge in [0, 0.05) is 31.2 Å². The van der Waals surface area contributed by atoms with Crippen LogP contribution in [0.4, 0.5) is 5.69 Å². The molecule has 1 aliphatic rings. The van der Waals surface area contributed by atoms with E-state index in [0.29, 0.717) is 13.1 Å². The van der Waals surface area contributed by atoms with Gasteiger partial charge in [0.2, 0.25) is 11.8 Å². The zero-order valence-electron chi connectivity index (χ0n) is 14.5. The Balaban J connectivity index is 1.96. The fourth-order valence-electron chi connectivity index (χ4n) is 2.91. The zero-order chi connectivity index (χ0) is 17.5. The molecule has 0 spiro atoms. The van der Waals surface area contributed by atoms with Gasteiger partial charge in [-0.3, -0.25) is 9.59 Å². The predicted octanol–water partition coefficient (Wildman–Crippen LogP) is 1.68. The second kappa shape index (κ2) is 8.68. The van der Waals surface area contributed by atoms with E-state index in [1.807, 2.05) is 24.3 Å². The minimum absolute atomic E-state index is 0.0115. The van der Waals surface area contributed by atoms with Crippen molar-refractivity contribution < 1.29 is 14.3 Å². The van der Waals surface area contributed by atoms with E-state index in [1.54, 1.807) is 12.0 Å². The zero-order valence-corrected chi connectivity index (χ0v) is 14.5. The number of carbonyl (C=O) groups excluding carboxylic acids is 2. The molecule has 0 radical (unpaired) electrons. The first-order valence-electron chi connectivity index (χ1n) is 8.53. The number of hydrogen-bond acceptors (Lipinski definition) is 4. The Hall–Kier alpha value is -2.08. The Kier molecular flexibility index (Phi) is 6.61. The van der Waals surface area contributed by atoms with Gasteiger partial charge in [0.05, 0.1) is 13.0 Å². The maximum absolute atomic E-state index is 12.4. The number of hydrogen-bond donors (Lipinski definition) is 2. The lowest BCUT2D eigenvalue weighted by molar-refractivity contribution is -0.126. The van der Waals surface area contributed by atoms with Gasteiger partial charge in [-0.15, -0.1) is 0 Å². The summed E-state index contributed by atoms with van der Waals surface area (Å²) >= 11 is 0. The summed E-state index contributed by atoms with van der Waals surface area (Å²) in [4.78, 5) is 26.4. The first kappa shape index (κ1) is 18.3. The molecule has 2 amide bonds. The number of benzene rings is 1. The van der Waals surface area contributed by atoms with E-state index in [4.69, 9.17) is 10.5 Å². The molecule has 132 valence electrons. The molecule has 6 nitrogen and oxygen atoms in total. The Morgan fingerprint density at radius 2 is 2.12 bits per heavy atom. The Morgan fingerprint density at radius 3 is 2.71 bits per heavy atom. The number of amides is 2. The SMILES string of the molecule is CCCCC(CN)NC(=O)C1CC(=O)N(c2ccc(OC)cc2)C1. The van der Waals surface area contributed by atoms with Crippen molar-refractivity contribution in [2.24, 2.45) is 11.7 Å². The van der Waals surface area contributed by atoms with E-state index < -0.39 is 0 Å². The molecule has 2 unspecified atom stereocenters. The summed E-state index contributed by atoms with van der Waals surface area (Å²) in [6.45, 7) is 2.94. The molecule has 3 N–H and O–H groups in total. The van der Waals surface area contributed by atoms with E-state index >= 15 is 0 Å². The number of methoxy groups -OCH3 is 1. The van der Waals surface area contributed by atoms with Gasteiger partial charge in [-0.05, 0) is 30.7 Å². The first-order valence-corrected chi connectivity index (χ1v) is 8.53. The molecular formula is C18H27N3O3. The molecule has 1 fully saturated rings. The fraction of sp³-hybridized carbons (Fsp3) is 0.556. The van der Waals surface area contributed by atoms with Crippen LogP contribution in [-0.2, 0) is 9.59 Å². The van der Waals surface area contributed by atoms with Crippen molar-refractivity contribution in [3.05, 3.63) is 24.3 Å². The summed E-state index contributed by atoms with van der Waals surface area (Å²) < 4.78 is 5.13. The van der Waals surface area contributed by atoms with Crippen molar-refractivity contribution in [2.75, 3.05) is 25.1 Å². The molecule has 6 heteroatoms. The van der Waals surface area contributed by atoms with Gasteiger partial charge in [-0.25, -0.2) is 0 Å². The van der Waals surface area contributed by atoms with Crippen LogP contribution < -0.4 is 20.7 Å². The summed E-state index contributed by atoms with van der Waals surface area (Å²) in [7, 11) is 1.60. The molecule has 1 heterocycles. The lowest BCUT2D eigenvalue weighted by atomic mass is 10.1. The maximum atomic E-state index is 12.4. The molecule has 1 aromatic carbocycles. The third-order valence-corrected chi connectivity index (χ3v) is 4.42. The molecule has 0 saturated carbocycles. The van der Waals surface area contributed by atoms with Crippen LogP contribution in [0.15, 0.2) is 24.3 Å². The van der Waals surface area contributed by atoms with Gasteiger partial charge < -0.3 is 20.7 Å². The van der Waals surface area contributed by atoms with E-state index in [1.165, 1.54) is 0 Å². The Labute approximate surface area is 143 Å². The number of unbranched alkanes of at least 4 members (excludes halogenated alkanes) is 1. The first-order chi connectivity index (χ1) is 11.6. The smallest absolute Gasteiger partial charge is 0.227 e. The molecule has 0 aliphatic carbocycles. The van der Waals surface area contributed by atoms with Crippen LogP contribution in [0.25, 0.3) is 0 Å². The molecule has 2 atom stereocenters. The van der Waals surface area contributed by atoms with Crippen molar-refractivity contribution in [2.45, 2.75) is 38.6 Å². The monoisotopic (exact) mass is 333 g/mol. The highest BCUT2D eigenvalue weighted by Crippen LogP contribution is 2.27. The van der Waals surface area contributed by atoms with Gasteiger partial charge >= 0.3 is 0 Å². The van der Waals surface area contributed by atoms with E-state index in [9.17, 15) is 9.59 Å². The topological polar surface area (TPSA) is 84.7 Å². The largest absolute Gasteiger partial charge is 0.497 e. The summed E-state index contributed by atoms with van der Waals surface area (Å²) in [6.07, 6.45) is 3.22. The third-order valence-electron chi connectivity index (χ3n) is 4.42. The van der Waals surface area contributed by atoms with Crippen molar-refractivity contribution in [1.82, 2.24) is 5.32 Å². The van der Waals surface area contributed by atoms with E-state index in [0.717, 1.165) is 30.7 Å². The van der Waals surface area contributed by atoms with Gasteiger partial charge in [0.1, 0.15) is 5.75 Å². The molecule has 1 aliphatic heterocycles. The predicted molar refractivity (Wildman–Crippen MR) is 94.0 cm³/mol. The van der Waals surface area contributed by atoms with Gasteiger partial charge in [0.15, 0.2) is 0 Å². The van der Waals surface area contributed by atoms with Crippen LogP contribution in [-0.4, -0.2) is 38.1 Å². The molecule has 24 heavy (non-hydrogen) atoms. The van der Waals surface area contributed by atoms with Gasteiger partial charge in [-0.1, -0.05) is 19.8 Å². The van der Waals surface area contributed by atoms with Crippen LogP contribution in [0.5, 0.6) is 5.75 Å². The molecule has 1 aromatic rings. The van der Waals surface area contributed by atoms with E-state index in [2.05, 4.69) is 12.2 Å². The van der Waals surface area contributed by atoms with Gasteiger partial charge in [-0.2, -0.15) is 0 Å². The maximum Gasteiger partial charge on any atom is 0.227 e. The molecule has 0 aromatic heterocycles. The summed E-state index contributed by atoms with van der Waals surface area (Å²) in [5, 5.41) is 2.99. The molecule has 1 saturated heterocycles. The van der Waals surface area contributed by atoms with Crippen molar-refractivity contribution in [1.29, 1.82) is 0 Å². The van der Waals surface area contributed by atoms with Crippen molar-refractivity contribution in [3.63, 3.8) is 0 Å². The van der Waals surface area contributed by atoms with Crippen molar-refractivity contribution in [3.8, 4) is 5.75 Å². The van der Waals surface area contributed by atoms with Crippen molar-refractivity contribution >= 4 is 17.5 Å². The van der Waals surface area contributed by atoms with Crippen LogP contribution in [0.3, 0.4) is 0 Å². The minimum Gasteiger partial charge on any atom is -0.497 e. The van der Waals surface area contributed by atoms with Gasteiger partial charge in [0.25, 0.3) is 0 Å². The normalized spacial score (nSPS) is 18.5. The molecule has 2 rings (SSSR count).